The van der Waals surface area contributed by atoms with E-state index in [4.69, 9.17) is 10.8 Å². The Kier molecular flexibility index (Phi) is 2.37. The second-order valence-corrected chi connectivity index (χ2v) is 3.36. The van der Waals surface area contributed by atoms with E-state index >= 15 is 0 Å². The Morgan fingerprint density at radius 1 is 1.90 bits per heavy atom. The Bertz CT molecular complexity index is 211. The van der Waals surface area contributed by atoms with Crippen LogP contribution in [0.4, 0.5) is 0 Å². The van der Waals surface area contributed by atoms with E-state index in [0.29, 0.717) is 0 Å². The summed E-state index contributed by atoms with van der Waals surface area (Å²) in [7, 11) is 0. The van der Waals surface area contributed by atoms with Gasteiger partial charge in [-0.05, 0) is 6.92 Å². The average Bonchev–Trinajstić information content (AvgIpc) is 2.34. The summed E-state index contributed by atoms with van der Waals surface area (Å²) in [5, 5.41) is 9.44. The maximum Gasteiger partial charge on any atom is 0.112 e. The van der Waals surface area contributed by atoms with Gasteiger partial charge in [-0.25, -0.2) is 4.98 Å². The minimum Gasteiger partial charge on any atom is -0.394 e. The number of aliphatic hydroxyl groups is 1. The van der Waals surface area contributed by atoms with Crippen molar-refractivity contribution in [1.82, 2.24) is 4.98 Å². The zero-order valence-electron chi connectivity index (χ0n) is 5.74. The molecule has 56 valence electrons. The molecule has 0 saturated heterocycles. The van der Waals surface area contributed by atoms with Crippen molar-refractivity contribution in [3.05, 3.63) is 16.1 Å². The second kappa shape index (κ2) is 3.09. The molecule has 0 aliphatic heterocycles. The first-order valence-corrected chi connectivity index (χ1v) is 3.84. The van der Waals surface area contributed by atoms with Crippen LogP contribution in [0, 0.1) is 6.92 Å². The van der Waals surface area contributed by atoms with Gasteiger partial charge < -0.3 is 10.8 Å². The molecule has 0 unspecified atom stereocenters. The van der Waals surface area contributed by atoms with Crippen molar-refractivity contribution in [2.75, 3.05) is 6.61 Å². The summed E-state index contributed by atoms with van der Waals surface area (Å²) in [5.41, 5.74) is 5.51. The van der Waals surface area contributed by atoms with Crippen molar-refractivity contribution in [2.24, 2.45) is 5.73 Å². The van der Waals surface area contributed by atoms with Crippen molar-refractivity contribution in [3.8, 4) is 0 Å². The molecule has 0 fully saturated rings. The van der Waals surface area contributed by atoms with Gasteiger partial charge in [0.2, 0.25) is 0 Å². The molecule has 4 heteroatoms. The number of aryl methyl sites for hydroxylation is 1. The lowest BCUT2D eigenvalue weighted by Crippen LogP contribution is -2.13. The molecule has 10 heavy (non-hydrogen) atoms. The smallest absolute Gasteiger partial charge is 0.112 e. The molecule has 0 aromatic carbocycles. The highest BCUT2D eigenvalue weighted by Crippen LogP contribution is 2.16. The van der Waals surface area contributed by atoms with E-state index in [1.54, 1.807) is 6.20 Å². The van der Waals surface area contributed by atoms with Gasteiger partial charge in [0.15, 0.2) is 0 Å². The number of thiazole rings is 1. The summed E-state index contributed by atoms with van der Waals surface area (Å²) >= 11 is 1.52. The molecule has 1 heterocycles. The fourth-order valence-electron chi connectivity index (χ4n) is 0.622. The average molecular weight is 158 g/mol. The Morgan fingerprint density at radius 2 is 2.60 bits per heavy atom. The molecule has 0 radical (unpaired) electrons. The molecular formula is C6H10N2OS. The normalized spacial score (nSPS) is 13.5. The molecule has 1 rings (SSSR count). The Labute approximate surface area is 63.5 Å². The highest BCUT2D eigenvalue weighted by molar-refractivity contribution is 7.11. The number of aromatic nitrogens is 1. The second-order valence-electron chi connectivity index (χ2n) is 2.10. The lowest BCUT2D eigenvalue weighted by Gasteiger charge is -2.00. The van der Waals surface area contributed by atoms with Gasteiger partial charge in [0.1, 0.15) is 5.01 Å². The van der Waals surface area contributed by atoms with Gasteiger partial charge in [-0.1, -0.05) is 0 Å². The van der Waals surface area contributed by atoms with Crippen LogP contribution in [0.25, 0.3) is 0 Å². The van der Waals surface area contributed by atoms with Crippen molar-refractivity contribution >= 4 is 11.3 Å². The van der Waals surface area contributed by atoms with Gasteiger partial charge in [-0.2, -0.15) is 0 Å². The highest BCUT2D eigenvalue weighted by atomic mass is 32.1. The standard InChI is InChI=1S/C6H10N2OS/c1-4-2-8-6(10-4)5(7)3-9/h2,5,9H,3,7H2,1H3/t5-/m1/s1. The van der Waals surface area contributed by atoms with Crippen LogP contribution >= 0.6 is 11.3 Å². The largest absolute Gasteiger partial charge is 0.394 e. The molecule has 3 nitrogen and oxygen atoms in total. The Hall–Kier alpha value is -0.450. The first kappa shape index (κ1) is 7.65. The van der Waals surface area contributed by atoms with Crippen LogP contribution in [0.1, 0.15) is 15.9 Å². The molecule has 0 spiro atoms. The molecular weight excluding hydrogens is 148 g/mol. The van der Waals surface area contributed by atoms with Gasteiger partial charge in [0, 0.05) is 11.1 Å². The molecule has 0 bridgehead atoms. The number of nitrogens with zero attached hydrogens (tertiary/aromatic N) is 1. The van der Waals surface area contributed by atoms with Crippen LogP contribution in [0.15, 0.2) is 6.20 Å². The van der Waals surface area contributed by atoms with Crippen LogP contribution < -0.4 is 5.73 Å². The fraction of sp³-hybridized carbons (Fsp3) is 0.500. The maximum atomic E-state index is 8.64. The van der Waals surface area contributed by atoms with E-state index in [0.717, 1.165) is 9.88 Å². The lowest BCUT2D eigenvalue weighted by molar-refractivity contribution is 0.267. The van der Waals surface area contributed by atoms with Gasteiger partial charge in [-0.15, -0.1) is 11.3 Å². The SMILES string of the molecule is Cc1cnc([C@H](N)CO)s1. The third-order valence-electron chi connectivity index (χ3n) is 1.15. The van der Waals surface area contributed by atoms with Crippen LogP contribution in [0.2, 0.25) is 0 Å². The number of nitrogens with two attached hydrogens (primary N) is 1. The van der Waals surface area contributed by atoms with E-state index < -0.39 is 0 Å². The Balaban J connectivity index is 2.74. The minimum absolute atomic E-state index is 0.0348. The van der Waals surface area contributed by atoms with Gasteiger partial charge in [0.05, 0.1) is 12.6 Å². The maximum absolute atomic E-state index is 8.64. The van der Waals surface area contributed by atoms with E-state index in [1.807, 2.05) is 6.92 Å². The van der Waals surface area contributed by atoms with E-state index in [2.05, 4.69) is 4.98 Å². The minimum atomic E-state index is -0.307. The summed E-state index contributed by atoms with van der Waals surface area (Å²) in [4.78, 5) is 5.14. The van der Waals surface area contributed by atoms with Crippen molar-refractivity contribution in [1.29, 1.82) is 0 Å². The molecule has 3 N–H and O–H groups in total. The monoisotopic (exact) mass is 158 g/mol. The van der Waals surface area contributed by atoms with Crippen molar-refractivity contribution < 1.29 is 5.11 Å². The zero-order valence-corrected chi connectivity index (χ0v) is 6.56. The van der Waals surface area contributed by atoms with Crippen molar-refractivity contribution in [2.45, 2.75) is 13.0 Å². The first-order valence-electron chi connectivity index (χ1n) is 3.03. The summed E-state index contributed by atoms with van der Waals surface area (Å²) in [6, 6.07) is -0.307. The third-order valence-corrected chi connectivity index (χ3v) is 2.20. The van der Waals surface area contributed by atoms with E-state index in [9.17, 15) is 0 Å². The predicted molar refractivity (Wildman–Crippen MR) is 40.9 cm³/mol. The Morgan fingerprint density at radius 3 is 3.00 bits per heavy atom. The molecule has 0 saturated carbocycles. The van der Waals surface area contributed by atoms with Crippen molar-refractivity contribution in [3.63, 3.8) is 0 Å². The predicted octanol–water partition coefficient (Wildman–Crippen LogP) is 0.444. The molecule has 0 aliphatic carbocycles. The summed E-state index contributed by atoms with van der Waals surface area (Å²) in [5.74, 6) is 0. The molecule has 0 aliphatic rings. The summed E-state index contributed by atoms with van der Waals surface area (Å²) in [6.07, 6.45) is 1.76. The quantitative estimate of drug-likeness (QED) is 0.656. The highest BCUT2D eigenvalue weighted by Gasteiger charge is 2.06. The number of hydrogen-bond acceptors (Lipinski definition) is 4. The summed E-state index contributed by atoms with van der Waals surface area (Å²) in [6.45, 7) is 1.93. The molecule has 1 aromatic rings. The molecule has 1 atom stereocenters. The number of rotatable bonds is 2. The number of hydrogen-bond donors (Lipinski definition) is 2. The van der Waals surface area contributed by atoms with Crippen LogP contribution in [-0.2, 0) is 0 Å². The zero-order chi connectivity index (χ0) is 7.56. The van der Waals surface area contributed by atoms with Crippen LogP contribution in [0.5, 0.6) is 0 Å². The number of aliphatic hydroxyl groups excluding tert-OH is 1. The summed E-state index contributed by atoms with van der Waals surface area (Å²) < 4.78 is 0. The fourth-order valence-corrected chi connectivity index (χ4v) is 1.39. The third kappa shape index (κ3) is 1.53. The molecule has 1 aromatic heterocycles. The van der Waals surface area contributed by atoms with Gasteiger partial charge in [0.25, 0.3) is 0 Å². The van der Waals surface area contributed by atoms with E-state index in [1.165, 1.54) is 11.3 Å². The first-order chi connectivity index (χ1) is 4.74. The van der Waals surface area contributed by atoms with Gasteiger partial charge in [-0.3, -0.25) is 0 Å². The van der Waals surface area contributed by atoms with Crippen LogP contribution in [0.3, 0.4) is 0 Å². The topological polar surface area (TPSA) is 59.1 Å². The lowest BCUT2D eigenvalue weighted by atomic mass is 10.4. The molecule has 0 amide bonds. The van der Waals surface area contributed by atoms with E-state index in [-0.39, 0.29) is 12.6 Å². The van der Waals surface area contributed by atoms with Gasteiger partial charge >= 0.3 is 0 Å². The van der Waals surface area contributed by atoms with Crippen LogP contribution in [-0.4, -0.2) is 16.7 Å².